The number of benzene rings is 1. The number of nitrogens with zero attached hydrogens (tertiary/aromatic N) is 3. The molecule has 2 aliphatic heterocycles. The number of amidine groups is 1. The number of nitrogens with two attached hydrogens (primary N) is 1. The number of aromatic nitrogens is 2. The van der Waals surface area contributed by atoms with Gasteiger partial charge in [0, 0.05) is 36.0 Å². The molecule has 1 spiro atoms. The van der Waals surface area contributed by atoms with Crippen LogP contribution < -0.4 is 10.5 Å². The molecule has 2 fully saturated rings. The number of aliphatic imine (C=N–C) groups is 1. The molecule has 0 radical (unpaired) electrons. The summed E-state index contributed by atoms with van der Waals surface area (Å²) in [6.07, 6.45) is 11.0. The molecule has 7 heteroatoms. The lowest BCUT2D eigenvalue weighted by Crippen LogP contribution is -2.52. The van der Waals surface area contributed by atoms with Crippen LogP contribution in [0.15, 0.2) is 41.9 Å². The highest BCUT2D eigenvalue weighted by atomic mass is 16.5. The van der Waals surface area contributed by atoms with E-state index in [0.717, 1.165) is 54.2 Å². The molecule has 7 nitrogen and oxygen atoms in total. The predicted molar refractivity (Wildman–Crippen MR) is 111 cm³/mol. The van der Waals surface area contributed by atoms with Gasteiger partial charge in [-0.2, -0.15) is 0 Å². The summed E-state index contributed by atoms with van der Waals surface area (Å²) in [6, 6.07) is 6.49. The monoisotopic (exact) mass is 406 g/mol. The molecule has 4 aliphatic rings. The zero-order valence-electron chi connectivity index (χ0n) is 16.9. The molecule has 156 valence electrons. The molecule has 2 aliphatic carbocycles. The van der Waals surface area contributed by atoms with Gasteiger partial charge < -0.3 is 19.9 Å². The Labute approximate surface area is 175 Å². The fraction of sp³-hybridized carbons (Fsp3) is 0.522. The first-order chi connectivity index (χ1) is 14.7. The molecule has 0 bridgehead atoms. The van der Waals surface area contributed by atoms with Crippen molar-refractivity contribution in [3.63, 3.8) is 0 Å². The standard InChI is InChI=1S/C23H26N4O3/c24-22-27-23(12-29-22)18-7-15(16-9-25-13-26-10-16)3-5-20(18)30-21-6-4-17(8-19(21)23)28-11-14-1-2-14/h3,5,7,9-10,13-14,17,19,21H,1-2,4,6,8,11-12H2,(H2,24,27)/t17-,19-,21?,23-/m0/s1. The summed E-state index contributed by atoms with van der Waals surface area (Å²) in [6.45, 7) is 1.33. The van der Waals surface area contributed by atoms with Gasteiger partial charge in [-0.3, -0.25) is 0 Å². The second-order valence-electron chi connectivity index (χ2n) is 8.98. The fourth-order valence-electron chi connectivity index (χ4n) is 5.19. The summed E-state index contributed by atoms with van der Waals surface area (Å²) in [5.41, 5.74) is 8.55. The van der Waals surface area contributed by atoms with Gasteiger partial charge in [0.2, 0.25) is 0 Å². The van der Waals surface area contributed by atoms with Crippen LogP contribution in [0.2, 0.25) is 0 Å². The van der Waals surface area contributed by atoms with E-state index in [1.807, 2.05) is 18.5 Å². The third kappa shape index (κ3) is 3.03. The van der Waals surface area contributed by atoms with Crippen molar-refractivity contribution >= 4 is 6.02 Å². The van der Waals surface area contributed by atoms with Crippen molar-refractivity contribution in [3.8, 4) is 16.9 Å². The Morgan fingerprint density at radius 1 is 1.10 bits per heavy atom. The number of hydrogen-bond donors (Lipinski definition) is 1. The van der Waals surface area contributed by atoms with Gasteiger partial charge in [-0.1, -0.05) is 6.07 Å². The summed E-state index contributed by atoms with van der Waals surface area (Å²) >= 11 is 0. The Hall–Kier alpha value is -2.67. The molecule has 2 saturated carbocycles. The van der Waals surface area contributed by atoms with E-state index in [1.54, 1.807) is 0 Å². The van der Waals surface area contributed by atoms with Crippen LogP contribution in [0.4, 0.5) is 0 Å². The Kier molecular flexibility index (Phi) is 4.19. The van der Waals surface area contributed by atoms with Crippen LogP contribution in [0, 0.1) is 11.8 Å². The predicted octanol–water partition coefficient (Wildman–Crippen LogP) is 3.04. The van der Waals surface area contributed by atoms with E-state index in [2.05, 4.69) is 22.1 Å². The van der Waals surface area contributed by atoms with E-state index in [4.69, 9.17) is 24.9 Å². The van der Waals surface area contributed by atoms with Crippen LogP contribution in [0.25, 0.3) is 11.1 Å². The zero-order valence-corrected chi connectivity index (χ0v) is 16.9. The molecule has 6 rings (SSSR count). The maximum atomic E-state index is 6.48. The van der Waals surface area contributed by atoms with Crippen LogP contribution in [-0.2, 0) is 15.0 Å². The van der Waals surface area contributed by atoms with Gasteiger partial charge in [-0.05, 0) is 55.7 Å². The topological polar surface area (TPSA) is 91.9 Å². The van der Waals surface area contributed by atoms with Gasteiger partial charge in [0.25, 0.3) is 6.02 Å². The molecule has 1 unspecified atom stereocenters. The van der Waals surface area contributed by atoms with Gasteiger partial charge in [-0.25, -0.2) is 15.0 Å². The number of rotatable bonds is 4. The average Bonchev–Trinajstić information content (AvgIpc) is 3.54. The zero-order chi connectivity index (χ0) is 20.1. The third-order valence-corrected chi connectivity index (χ3v) is 6.98. The van der Waals surface area contributed by atoms with Gasteiger partial charge in [0.15, 0.2) is 0 Å². The molecular formula is C23H26N4O3. The van der Waals surface area contributed by atoms with Crippen molar-refractivity contribution in [1.29, 1.82) is 0 Å². The van der Waals surface area contributed by atoms with Crippen molar-refractivity contribution in [1.82, 2.24) is 9.97 Å². The van der Waals surface area contributed by atoms with Crippen LogP contribution in [0.1, 0.15) is 37.7 Å². The normalized spacial score (nSPS) is 32.0. The van der Waals surface area contributed by atoms with E-state index < -0.39 is 5.54 Å². The van der Waals surface area contributed by atoms with Crippen molar-refractivity contribution in [2.45, 2.75) is 49.9 Å². The highest BCUT2D eigenvalue weighted by Gasteiger charge is 2.55. The molecule has 1 aromatic heterocycles. The lowest BCUT2D eigenvalue weighted by atomic mass is 9.67. The molecule has 0 saturated heterocycles. The van der Waals surface area contributed by atoms with Crippen molar-refractivity contribution in [3.05, 3.63) is 42.5 Å². The summed E-state index contributed by atoms with van der Waals surface area (Å²) < 4.78 is 18.5. The van der Waals surface area contributed by atoms with E-state index in [-0.39, 0.29) is 24.1 Å². The van der Waals surface area contributed by atoms with E-state index in [9.17, 15) is 0 Å². The minimum atomic E-state index is -0.532. The molecule has 1 aromatic carbocycles. The summed E-state index contributed by atoms with van der Waals surface area (Å²) in [7, 11) is 0. The van der Waals surface area contributed by atoms with E-state index in [0.29, 0.717) is 6.61 Å². The lowest BCUT2D eigenvalue weighted by molar-refractivity contribution is -0.0643. The minimum Gasteiger partial charge on any atom is -0.490 e. The van der Waals surface area contributed by atoms with Crippen molar-refractivity contribution < 1.29 is 14.2 Å². The molecule has 30 heavy (non-hydrogen) atoms. The van der Waals surface area contributed by atoms with Gasteiger partial charge in [0.05, 0.1) is 6.10 Å². The quantitative estimate of drug-likeness (QED) is 0.839. The summed E-state index contributed by atoms with van der Waals surface area (Å²) in [4.78, 5) is 13.2. The highest BCUT2D eigenvalue weighted by molar-refractivity contribution is 5.75. The third-order valence-electron chi connectivity index (χ3n) is 6.98. The largest absolute Gasteiger partial charge is 0.490 e. The van der Waals surface area contributed by atoms with Crippen LogP contribution in [0.3, 0.4) is 0 Å². The summed E-state index contributed by atoms with van der Waals surface area (Å²) in [5.74, 6) is 1.81. The Bertz CT molecular complexity index is 978. The SMILES string of the molecule is NC1=N[C@@]2(CO1)c1cc(-c3cncnc3)ccc1OC1CC[C@H](OCC3CC3)C[C@@H]12. The van der Waals surface area contributed by atoms with Gasteiger partial charge >= 0.3 is 0 Å². The van der Waals surface area contributed by atoms with Gasteiger partial charge in [-0.15, -0.1) is 0 Å². The Balaban J connectivity index is 1.38. The molecule has 0 amide bonds. The Morgan fingerprint density at radius 2 is 1.97 bits per heavy atom. The second kappa shape index (κ2) is 6.94. The number of ether oxygens (including phenoxy) is 3. The molecule has 3 heterocycles. The second-order valence-corrected chi connectivity index (χ2v) is 8.98. The number of hydrogen-bond acceptors (Lipinski definition) is 7. The van der Waals surface area contributed by atoms with Crippen LogP contribution in [0.5, 0.6) is 5.75 Å². The fourth-order valence-corrected chi connectivity index (χ4v) is 5.19. The first-order valence-corrected chi connectivity index (χ1v) is 10.9. The number of fused-ring (bicyclic) bond motifs is 4. The first-order valence-electron chi connectivity index (χ1n) is 10.9. The van der Waals surface area contributed by atoms with E-state index in [1.165, 1.54) is 19.2 Å². The molecule has 4 atom stereocenters. The van der Waals surface area contributed by atoms with Crippen molar-refractivity contribution in [2.75, 3.05) is 13.2 Å². The van der Waals surface area contributed by atoms with Crippen molar-refractivity contribution in [2.24, 2.45) is 22.6 Å². The average molecular weight is 406 g/mol. The van der Waals surface area contributed by atoms with Gasteiger partial charge in [0.1, 0.15) is 30.3 Å². The highest BCUT2D eigenvalue weighted by Crippen LogP contribution is 2.53. The molecule has 2 aromatic rings. The first kappa shape index (κ1) is 18.1. The Morgan fingerprint density at radius 3 is 2.73 bits per heavy atom. The maximum absolute atomic E-state index is 6.48. The molecule has 2 N–H and O–H groups in total. The lowest BCUT2D eigenvalue weighted by Gasteiger charge is -2.48. The van der Waals surface area contributed by atoms with Crippen LogP contribution in [-0.4, -0.2) is 41.4 Å². The van der Waals surface area contributed by atoms with Crippen LogP contribution >= 0.6 is 0 Å². The minimum absolute atomic E-state index is 0.0995. The smallest absolute Gasteiger partial charge is 0.283 e. The van der Waals surface area contributed by atoms with E-state index >= 15 is 0 Å². The summed E-state index contributed by atoms with van der Waals surface area (Å²) in [5, 5.41) is 0. The maximum Gasteiger partial charge on any atom is 0.283 e. The molecular weight excluding hydrogens is 380 g/mol.